The molecule has 2 aliphatic carbocycles. The second-order valence-electron chi connectivity index (χ2n) is 10.3. The van der Waals surface area contributed by atoms with Gasteiger partial charge in [-0.3, -0.25) is 0 Å². The Morgan fingerprint density at radius 1 is 1.12 bits per heavy atom. The first-order valence-corrected chi connectivity index (χ1v) is 11.2. The average Bonchev–Trinajstić information content (AvgIpc) is 2.58. The smallest absolute Gasteiger partial charge is 0.00104 e. The highest BCUT2D eigenvalue weighted by Gasteiger charge is 2.51. The van der Waals surface area contributed by atoms with Crippen LogP contribution in [0.3, 0.4) is 0 Å². The molecular formula is C25H41N. The third kappa shape index (κ3) is 3.75. The van der Waals surface area contributed by atoms with Gasteiger partial charge in [0.15, 0.2) is 0 Å². The molecule has 2 N–H and O–H groups in total. The molecule has 1 aromatic rings. The van der Waals surface area contributed by atoms with Gasteiger partial charge in [0.05, 0.1) is 0 Å². The fraction of sp³-hybridized carbons (Fsp3) is 0.760. The molecule has 2 aliphatic rings. The first kappa shape index (κ1) is 19.9. The molecule has 0 aliphatic heterocycles. The van der Waals surface area contributed by atoms with Gasteiger partial charge < -0.3 is 5.73 Å². The fourth-order valence-corrected chi connectivity index (χ4v) is 6.30. The van der Waals surface area contributed by atoms with Gasteiger partial charge in [0, 0.05) is 6.04 Å². The van der Waals surface area contributed by atoms with Crippen LogP contribution in [0.25, 0.3) is 0 Å². The highest BCUT2D eigenvalue weighted by Crippen LogP contribution is 2.58. The van der Waals surface area contributed by atoms with Crippen molar-refractivity contribution in [2.24, 2.45) is 17.1 Å². The largest absolute Gasteiger partial charge is 0.328 e. The molecular weight excluding hydrogens is 314 g/mol. The van der Waals surface area contributed by atoms with E-state index < -0.39 is 0 Å². The van der Waals surface area contributed by atoms with Crippen molar-refractivity contribution in [3.63, 3.8) is 0 Å². The van der Waals surface area contributed by atoms with Gasteiger partial charge in [-0.05, 0) is 84.8 Å². The third-order valence-corrected chi connectivity index (χ3v) is 7.83. The van der Waals surface area contributed by atoms with E-state index in [0.29, 0.717) is 22.8 Å². The Labute approximate surface area is 162 Å². The predicted molar refractivity (Wildman–Crippen MR) is 114 cm³/mol. The summed E-state index contributed by atoms with van der Waals surface area (Å²) in [6.45, 7) is 12.0. The molecule has 1 saturated carbocycles. The predicted octanol–water partition coefficient (Wildman–Crippen LogP) is 6.73. The molecule has 0 radical (unpaired) electrons. The zero-order valence-corrected chi connectivity index (χ0v) is 17.9. The van der Waals surface area contributed by atoms with Gasteiger partial charge >= 0.3 is 0 Å². The number of hydrogen-bond donors (Lipinski definition) is 1. The topological polar surface area (TPSA) is 26.0 Å². The monoisotopic (exact) mass is 355 g/mol. The van der Waals surface area contributed by atoms with E-state index in [1.807, 2.05) is 0 Å². The molecule has 0 bridgehead atoms. The first-order chi connectivity index (χ1) is 12.3. The lowest BCUT2D eigenvalue weighted by molar-refractivity contribution is 0.0167. The van der Waals surface area contributed by atoms with Crippen molar-refractivity contribution in [2.75, 3.05) is 0 Å². The Balaban J connectivity index is 1.81. The molecule has 0 amide bonds. The second kappa shape index (κ2) is 7.66. The maximum Gasteiger partial charge on any atom is 0.00104 e. The quantitative estimate of drug-likeness (QED) is 0.563. The van der Waals surface area contributed by atoms with Crippen LogP contribution in [-0.2, 0) is 11.8 Å². The van der Waals surface area contributed by atoms with Crippen LogP contribution in [-0.4, -0.2) is 6.04 Å². The molecule has 1 fully saturated rings. The molecule has 1 nitrogen and oxygen atoms in total. The van der Waals surface area contributed by atoms with E-state index in [1.54, 1.807) is 11.1 Å². The maximum atomic E-state index is 5.96. The minimum Gasteiger partial charge on any atom is -0.328 e. The van der Waals surface area contributed by atoms with Crippen LogP contribution in [0.15, 0.2) is 18.2 Å². The summed E-state index contributed by atoms with van der Waals surface area (Å²) < 4.78 is 0. The van der Waals surface area contributed by atoms with Crippen molar-refractivity contribution in [1.29, 1.82) is 0 Å². The number of hydrogen-bond acceptors (Lipinski definition) is 1. The third-order valence-electron chi connectivity index (χ3n) is 7.83. The number of rotatable bonds is 6. The van der Waals surface area contributed by atoms with Crippen molar-refractivity contribution in [2.45, 2.75) is 110 Å². The minimum atomic E-state index is 0.358. The summed E-state index contributed by atoms with van der Waals surface area (Å²) in [6, 6.07) is 7.79. The number of fused-ring (bicyclic) bond motifs is 3. The van der Waals surface area contributed by atoms with Crippen LogP contribution in [0, 0.1) is 11.3 Å². The first-order valence-electron chi connectivity index (χ1n) is 11.2. The van der Waals surface area contributed by atoms with E-state index >= 15 is 0 Å². The van der Waals surface area contributed by atoms with Crippen LogP contribution < -0.4 is 5.73 Å². The van der Waals surface area contributed by atoms with Gasteiger partial charge in [-0.15, -0.1) is 0 Å². The maximum absolute atomic E-state index is 5.96. The van der Waals surface area contributed by atoms with Gasteiger partial charge in [0.2, 0.25) is 0 Å². The van der Waals surface area contributed by atoms with Gasteiger partial charge in [0.25, 0.3) is 0 Å². The highest BCUT2D eigenvalue weighted by atomic mass is 14.6. The summed E-state index contributed by atoms with van der Waals surface area (Å²) in [4.78, 5) is 0. The van der Waals surface area contributed by atoms with E-state index in [0.717, 1.165) is 5.92 Å². The van der Waals surface area contributed by atoms with Crippen LogP contribution in [0.1, 0.15) is 109 Å². The summed E-state index contributed by atoms with van der Waals surface area (Å²) in [6.07, 6.45) is 12.1. The van der Waals surface area contributed by atoms with Gasteiger partial charge in [-0.2, -0.15) is 0 Å². The van der Waals surface area contributed by atoms with E-state index in [4.69, 9.17) is 5.73 Å². The molecule has 0 saturated heterocycles. The molecule has 1 aromatic carbocycles. The molecule has 1 heteroatoms. The summed E-state index contributed by atoms with van der Waals surface area (Å²) >= 11 is 0. The van der Waals surface area contributed by atoms with Gasteiger partial charge in [0.1, 0.15) is 0 Å². The van der Waals surface area contributed by atoms with Crippen LogP contribution in [0.2, 0.25) is 0 Å². The van der Waals surface area contributed by atoms with Crippen molar-refractivity contribution in [3.05, 3.63) is 34.9 Å². The van der Waals surface area contributed by atoms with Crippen molar-refractivity contribution >= 4 is 0 Å². The summed E-state index contributed by atoms with van der Waals surface area (Å²) in [5, 5.41) is 0. The standard InChI is InChI=1S/C25H41N/c1-18(2)20-10-12-22-21(17-20)11-13-23-24(4,14-7-6-9-19(3)26)15-8-16-25(22,23)5/h10,12,17-19,23H,6-9,11,13-16,26H2,1-5H3/t19?,23-,24+,25+/m0/s1. The fourth-order valence-electron chi connectivity index (χ4n) is 6.30. The van der Waals surface area contributed by atoms with Gasteiger partial charge in [-0.1, -0.05) is 65.2 Å². The van der Waals surface area contributed by atoms with E-state index in [9.17, 15) is 0 Å². The van der Waals surface area contributed by atoms with Crippen molar-refractivity contribution in [3.8, 4) is 0 Å². The molecule has 0 aromatic heterocycles. The van der Waals surface area contributed by atoms with Crippen molar-refractivity contribution in [1.82, 2.24) is 0 Å². The van der Waals surface area contributed by atoms with Crippen LogP contribution in [0.4, 0.5) is 0 Å². The summed E-state index contributed by atoms with van der Waals surface area (Å²) in [5.41, 5.74) is 11.7. The molecule has 0 heterocycles. The van der Waals surface area contributed by atoms with Crippen LogP contribution >= 0.6 is 0 Å². The Morgan fingerprint density at radius 3 is 2.58 bits per heavy atom. The van der Waals surface area contributed by atoms with Crippen molar-refractivity contribution < 1.29 is 0 Å². The molecule has 146 valence electrons. The zero-order valence-electron chi connectivity index (χ0n) is 17.9. The lowest BCUT2D eigenvalue weighted by Crippen LogP contribution is -2.49. The number of benzene rings is 1. The lowest BCUT2D eigenvalue weighted by Gasteiger charge is -2.56. The van der Waals surface area contributed by atoms with Crippen LogP contribution in [0.5, 0.6) is 0 Å². The molecule has 0 spiro atoms. The second-order valence-corrected chi connectivity index (χ2v) is 10.3. The Hall–Kier alpha value is -0.820. The zero-order chi connectivity index (χ0) is 18.9. The van der Waals surface area contributed by atoms with Gasteiger partial charge in [-0.25, -0.2) is 0 Å². The minimum absolute atomic E-state index is 0.358. The molecule has 26 heavy (non-hydrogen) atoms. The number of unbranched alkanes of at least 4 members (excludes halogenated alkanes) is 1. The molecule has 1 unspecified atom stereocenters. The average molecular weight is 356 g/mol. The summed E-state index contributed by atoms with van der Waals surface area (Å²) in [5.74, 6) is 1.48. The summed E-state index contributed by atoms with van der Waals surface area (Å²) in [7, 11) is 0. The SMILES string of the molecule is CC(N)CCCC[C@]1(C)CCC[C@]2(C)c3ccc(C(C)C)cc3CC[C@@H]12. The Kier molecular flexibility index (Phi) is 5.87. The highest BCUT2D eigenvalue weighted by molar-refractivity contribution is 5.42. The Bertz CT molecular complexity index is 617. The van der Waals surface area contributed by atoms with E-state index in [1.165, 1.54) is 63.4 Å². The Morgan fingerprint density at radius 2 is 1.88 bits per heavy atom. The molecule has 3 rings (SSSR count). The number of aryl methyl sites for hydroxylation is 1. The normalized spacial score (nSPS) is 32.2. The lowest BCUT2D eigenvalue weighted by atomic mass is 9.49. The van der Waals surface area contributed by atoms with E-state index in [-0.39, 0.29) is 0 Å². The van der Waals surface area contributed by atoms with E-state index in [2.05, 4.69) is 52.8 Å². The molecule has 4 atom stereocenters. The number of nitrogens with two attached hydrogens (primary N) is 1.